The van der Waals surface area contributed by atoms with Gasteiger partial charge in [0.25, 0.3) is 0 Å². The van der Waals surface area contributed by atoms with Gasteiger partial charge in [0.1, 0.15) is 0 Å². The van der Waals surface area contributed by atoms with Crippen molar-refractivity contribution in [2.75, 3.05) is 6.61 Å². The maximum Gasteiger partial charge on any atom is 0.0587 e. The fraction of sp³-hybridized carbons (Fsp3) is 0.600. The van der Waals surface area contributed by atoms with Crippen LogP contribution in [-0.4, -0.2) is 23.8 Å². The van der Waals surface area contributed by atoms with Crippen molar-refractivity contribution in [3.8, 4) is 0 Å². The second-order valence-electron chi connectivity index (χ2n) is 4.63. The molecule has 0 saturated carbocycles. The Kier molecular flexibility index (Phi) is 6.90. The average molecular weight is 235 g/mol. The molecule has 1 unspecified atom stereocenters. The standard InChI is InChI=1S/C15H25NO/c1-3-8-14(4-2)16-15(12-17)11-13-9-6-5-7-10-13/h5-7,9-10,14-17H,3-4,8,11-12H2,1-2H3/t14?,15-/m0/s1. The molecule has 1 aromatic rings. The molecule has 0 radical (unpaired) electrons. The molecule has 0 fully saturated rings. The smallest absolute Gasteiger partial charge is 0.0587 e. The van der Waals surface area contributed by atoms with Crippen molar-refractivity contribution >= 4 is 0 Å². The molecule has 17 heavy (non-hydrogen) atoms. The summed E-state index contributed by atoms with van der Waals surface area (Å²) in [6.07, 6.45) is 4.40. The first-order valence-electron chi connectivity index (χ1n) is 6.71. The van der Waals surface area contributed by atoms with Crippen LogP contribution >= 0.6 is 0 Å². The highest BCUT2D eigenvalue weighted by molar-refractivity contribution is 5.15. The summed E-state index contributed by atoms with van der Waals surface area (Å²) < 4.78 is 0. The van der Waals surface area contributed by atoms with E-state index in [-0.39, 0.29) is 12.6 Å². The maximum atomic E-state index is 9.44. The van der Waals surface area contributed by atoms with Crippen LogP contribution < -0.4 is 5.32 Å². The van der Waals surface area contributed by atoms with Gasteiger partial charge in [0, 0.05) is 12.1 Å². The number of rotatable bonds is 8. The first-order chi connectivity index (χ1) is 8.30. The van der Waals surface area contributed by atoms with E-state index < -0.39 is 0 Å². The van der Waals surface area contributed by atoms with E-state index in [4.69, 9.17) is 0 Å². The third-order valence-electron chi connectivity index (χ3n) is 3.15. The maximum absolute atomic E-state index is 9.44. The fourth-order valence-corrected chi connectivity index (χ4v) is 2.16. The lowest BCUT2D eigenvalue weighted by molar-refractivity contribution is 0.226. The molecule has 0 spiro atoms. The van der Waals surface area contributed by atoms with Gasteiger partial charge >= 0.3 is 0 Å². The third-order valence-corrected chi connectivity index (χ3v) is 3.15. The van der Waals surface area contributed by atoms with Gasteiger partial charge in [-0.1, -0.05) is 50.6 Å². The second-order valence-corrected chi connectivity index (χ2v) is 4.63. The van der Waals surface area contributed by atoms with Crippen LogP contribution in [0.1, 0.15) is 38.7 Å². The van der Waals surface area contributed by atoms with E-state index in [0.29, 0.717) is 6.04 Å². The van der Waals surface area contributed by atoms with Crippen molar-refractivity contribution in [2.45, 2.75) is 51.6 Å². The highest BCUT2D eigenvalue weighted by Crippen LogP contribution is 2.07. The van der Waals surface area contributed by atoms with E-state index in [0.717, 1.165) is 12.8 Å². The van der Waals surface area contributed by atoms with Gasteiger partial charge in [-0.2, -0.15) is 0 Å². The van der Waals surface area contributed by atoms with E-state index in [2.05, 4.69) is 31.3 Å². The van der Waals surface area contributed by atoms with Crippen molar-refractivity contribution in [1.29, 1.82) is 0 Å². The minimum Gasteiger partial charge on any atom is -0.395 e. The summed E-state index contributed by atoms with van der Waals surface area (Å²) in [5.74, 6) is 0. The summed E-state index contributed by atoms with van der Waals surface area (Å²) in [6.45, 7) is 4.61. The van der Waals surface area contributed by atoms with Crippen LogP contribution in [0.5, 0.6) is 0 Å². The summed E-state index contributed by atoms with van der Waals surface area (Å²) in [5, 5.41) is 13.0. The van der Waals surface area contributed by atoms with Gasteiger partial charge in [0.2, 0.25) is 0 Å². The van der Waals surface area contributed by atoms with Crippen molar-refractivity contribution in [1.82, 2.24) is 5.32 Å². The van der Waals surface area contributed by atoms with Gasteiger partial charge in [0.15, 0.2) is 0 Å². The zero-order valence-corrected chi connectivity index (χ0v) is 11.0. The number of hydrogen-bond donors (Lipinski definition) is 2. The van der Waals surface area contributed by atoms with Crippen molar-refractivity contribution in [3.63, 3.8) is 0 Å². The van der Waals surface area contributed by atoms with Gasteiger partial charge in [-0.15, -0.1) is 0 Å². The van der Waals surface area contributed by atoms with Crippen molar-refractivity contribution in [2.24, 2.45) is 0 Å². The van der Waals surface area contributed by atoms with Crippen LogP contribution in [0.3, 0.4) is 0 Å². The summed E-state index contributed by atoms with van der Waals surface area (Å²) in [5.41, 5.74) is 1.28. The number of hydrogen-bond acceptors (Lipinski definition) is 2. The lowest BCUT2D eigenvalue weighted by Gasteiger charge is -2.23. The molecular weight excluding hydrogens is 210 g/mol. The molecule has 1 aromatic carbocycles. The van der Waals surface area contributed by atoms with Gasteiger partial charge in [-0.05, 0) is 24.8 Å². The van der Waals surface area contributed by atoms with Crippen LogP contribution in [0.4, 0.5) is 0 Å². The second kappa shape index (κ2) is 8.26. The molecule has 0 aliphatic rings. The molecular formula is C15H25NO. The fourth-order valence-electron chi connectivity index (χ4n) is 2.16. The molecule has 1 rings (SSSR count). The lowest BCUT2D eigenvalue weighted by Crippen LogP contribution is -2.41. The Morgan fingerprint density at radius 3 is 2.35 bits per heavy atom. The predicted molar refractivity (Wildman–Crippen MR) is 73.1 cm³/mol. The van der Waals surface area contributed by atoms with E-state index in [9.17, 15) is 5.11 Å². The van der Waals surface area contributed by atoms with Gasteiger partial charge in [-0.3, -0.25) is 0 Å². The van der Waals surface area contributed by atoms with Gasteiger partial charge in [-0.25, -0.2) is 0 Å². The molecule has 96 valence electrons. The Hall–Kier alpha value is -0.860. The summed E-state index contributed by atoms with van der Waals surface area (Å²) in [6, 6.07) is 11.1. The molecule has 2 heteroatoms. The Morgan fingerprint density at radius 2 is 1.82 bits per heavy atom. The average Bonchev–Trinajstić information content (AvgIpc) is 2.38. The largest absolute Gasteiger partial charge is 0.395 e. The summed E-state index contributed by atoms with van der Waals surface area (Å²) in [7, 11) is 0. The molecule has 0 amide bonds. The summed E-state index contributed by atoms with van der Waals surface area (Å²) >= 11 is 0. The van der Waals surface area contributed by atoms with Gasteiger partial charge in [0.05, 0.1) is 6.61 Å². The molecule has 0 aliphatic heterocycles. The van der Waals surface area contributed by atoms with E-state index in [1.54, 1.807) is 0 Å². The SMILES string of the molecule is CCCC(CC)N[C@H](CO)Cc1ccccc1. The topological polar surface area (TPSA) is 32.3 Å². The van der Waals surface area contributed by atoms with Crippen LogP contribution in [0.15, 0.2) is 30.3 Å². The van der Waals surface area contributed by atoms with Crippen molar-refractivity contribution in [3.05, 3.63) is 35.9 Å². The predicted octanol–water partition coefficient (Wildman–Crippen LogP) is 2.76. The van der Waals surface area contributed by atoms with Crippen LogP contribution in [-0.2, 0) is 6.42 Å². The molecule has 2 atom stereocenters. The normalized spacial score (nSPS) is 14.5. The van der Waals surface area contributed by atoms with Crippen LogP contribution in [0.25, 0.3) is 0 Å². The Morgan fingerprint density at radius 1 is 1.12 bits per heavy atom. The molecule has 2 N–H and O–H groups in total. The van der Waals surface area contributed by atoms with E-state index >= 15 is 0 Å². The zero-order chi connectivity index (χ0) is 12.5. The minimum atomic E-state index is 0.175. The van der Waals surface area contributed by atoms with Crippen LogP contribution in [0, 0.1) is 0 Å². The zero-order valence-electron chi connectivity index (χ0n) is 11.0. The Bertz CT molecular complexity index is 286. The Balaban J connectivity index is 2.48. The first-order valence-corrected chi connectivity index (χ1v) is 6.71. The minimum absolute atomic E-state index is 0.175. The highest BCUT2D eigenvalue weighted by Gasteiger charge is 2.13. The molecule has 2 nitrogen and oxygen atoms in total. The third kappa shape index (κ3) is 5.33. The van der Waals surface area contributed by atoms with E-state index in [1.165, 1.54) is 18.4 Å². The monoisotopic (exact) mass is 235 g/mol. The van der Waals surface area contributed by atoms with E-state index in [1.807, 2.05) is 18.2 Å². The summed E-state index contributed by atoms with van der Waals surface area (Å²) in [4.78, 5) is 0. The molecule has 0 saturated heterocycles. The first kappa shape index (κ1) is 14.2. The number of nitrogens with one attached hydrogen (secondary N) is 1. The highest BCUT2D eigenvalue weighted by atomic mass is 16.3. The Labute approximate surface area is 105 Å². The lowest BCUT2D eigenvalue weighted by atomic mass is 10.0. The molecule has 0 aliphatic carbocycles. The number of aliphatic hydroxyl groups is 1. The van der Waals surface area contributed by atoms with Crippen molar-refractivity contribution < 1.29 is 5.11 Å². The van der Waals surface area contributed by atoms with Gasteiger partial charge < -0.3 is 10.4 Å². The number of aliphatic hydroxyl groups excluding tert-OH is 1. The molecule has 0 bridgehead atoms. The number of benzene rings is 1. The molecule has 0 aromatic heterocycles. The van der Waals surface area contributed by atoms with Crippen LogP contribution in [0.2, 0.25) is 0 Å². The quantitative estimate of drug-likeness (QED) is 0.726. The molecule has 0 heterocycles.